The van der Waals surface area contributed by atoms with Gasteiger partial charge < -0.3 is 10.1 Å². The summed E-state index contributed by atoms with van der Waals surface area (Å²) in [4.78, 5) is 0. The van der Waals surface area contributed by atoms with Gasteiger partial charge in [-0.25, -0.2) is 0 Å². The molecule has 1 aliphatic carbocycles. The molecule has 1 heterocycles. The Morgan fingerprint density at radius 1 is 1.12 bits per heavy atom. The van der Waals surface area contributed by atoms with Crippen LogP contribution in [0.2, 0.25) is 0 Å². The van der Waals surface area contributed by atoms with E-state index < -0.39 is 0 Å². The van der Waals surface area contributed by atoms with Gasteiger partial charge in [0.25, 0.3) is 0 Å². The van der Waals surface area contributed by atoms with Crippen LogP contribution in [0.1, 0.15) is 64.7 Å². The van der Waals surface area contributed by atoms with Crippen molar-refractivity contribution in [2.45, 2.75) is 70.3 Å². The van der Waals surface area contributed by atoms with Gasteiger partial charge >= 0.3 is 0 Å². The monoisotopic (exact) mass is 239 g/mol. The Hall–Kier alpha value is -0.0800. The first-order valence-electron chi connectivity index (χ1n) is 7.72. The first-order chi connectivity index (χ1) is 8.37. The maximum absolute atomic E-state index is 6.41. The lowest BCUT2D eigenvalue weighted by Crippen LogP contribution is -2.50. The van der Waals surface area contributed by atoms with E-state index in [1.54, 1.807) is 0 Å². The minimum atomic E-state index is 0.237. The van der Waals surface area contributed by atoms with Gasteiger partial charge in [0, 0.05) is 6.61 Å². The van der Waals surface area contributed by atoms with Gasteiger partial charge in [0.1, 0.15) is 0 Å². The smallest absolute Gasteiger partial charge is 0.0734 e. The summed E-state index contributed by atoms with van der Waals surface area (Å²) in [7, 11) is 0. The standard InChI is InChI=1S/C15H29NO/c1-2-3-13-17-15(9-11-16-12-10-15)14-7-5-4-6-8-14/h14,16H,2-13H2,1H3. The van der Waals surface area contributed by atoms with Gasteiger partial charge in [0.2, 0.25) is 0 Å². The van der Waals surface area contributed by atoms with E-state index >= 15 is 0 Å². The quantitative estimate of drug-likeness (QED) is 0.741. The highest BCUT2D eigenvalue weighted by molar-refractivity contribution is 4.93. The molecule has 1 saturated carbocycles. The van der Waals surface area contributed by atoms with Crippen LogP contribution in [0, 0.1) is 5.92 Å². The summed E-state index contributed by atoms with van der Waals surface area (Å²) in [6, 6.07) is 0. The lowest BCUT2D eigenvalue weighted by molar-refractivity contribution is -0.115. The van der Waals surface area contributed by atoms with Crippen molar-refractivity contribution in [3.8, 4) is 0 Å². The number of hydrogen-bond acceptors (Lipinski definition) is 2. The van der Waals surface area contributed by atoms with Crippen molar-refractivity contribution in [1.29, 1.82) is 0 Å². The topological polar surface area (TPSA) is 21.3 Å². The van der Waals surface area contributed by atoms with Gasteiger partial charge in [-0.1, -0.05) is 32.6 Å². The molecule has 0 aromatic heterocycles. The summed E-state index contributed by atoms with van der Waals surface area (Å²) in [6.07, 6.45) is 12.1. The molecular weight excluding hydrogens is 210 g/mol. The zero-order valence-corrected chi connectivity index (χ0v) is 11.5. The van der Waals surface area contributed by atoms with Crippen molar-refractivity contribution in [3.63, 3.8) is 0 Å². The third kappa shape index (κ3) is 3.45. The van der Waals surface area contributed by atoms with Gasteiger partial charge in [-0.05, 0) is 51.1 Å². The molecule has 0 atom stereocenters. The van der Waals surface area contributed by atoms with Crippen LogP contribution in [0.5, 0.6) is 0 Å². The molecule has 0 aromatic rings. The molecule has 2 nitrogen and oxygen atoms in total. The van der Waals surface area contributed by atoms with Crippen LogP contribution in [0.25, 0.3) is 0 Å². The van der Waals surface area contributed by atoms with E-state index in [9.17, 15) is 0 Å². The number of hydrogen-bond donors (Lipinski definition) is 1. The van der Waals surface area contributed by atoms with Crippen LogP contribution in [0.15, 0.2) is 0 Å². The normalized spacial score (nSPS) is 25.9. The van der Waals surface area contributed by atoms with Gasteiger partial charge in [-0.2, -0.15) is 0 Å². The predicted octanol–water partition coefficient (Wildman–Crippen LogP) is 3.51. The van der Waals surface area contributed by atoms with E-state index in [1.807, 2.05) is 0 Å². The highest BCUT2D eigenvalue weighted by Gasteiger charge is 2.40. The Balaban J connectivity index is 1.94. The molecule has 1 aliphatic heterocycles. The molecule has 0 radical (unpaired) electrons. The molecule has 2 fully saturated rings. The van der Waals surface area contributed by atoms with E-state index in [0.717, 1.165) is 25.6 Å². The van der Waals surface area contributed by atoms with Crippen molar-refractivity contribution in [2.24, 2.45) is 5.92 Å². The lowest BCUT2D eigenvalue weighted by atomic mass is 9.72. The molecular formula is C15H29NO. The average Bonchev–Trinajstić information content (AvgIpc) is 2.41. The Morgan fingerprint density at radius 2 is 1.82 bits per heavy atom. The summed E-state index contributed by atoms with van der Waals surface area (Å²) in [6.45, 7) is 5.54. The summed E-state index contributed by atoms with van der Waals surface area (Å²) in [5.74, 6) is 0.843. The second kappa shape index (κ2) is 6.75. The summed E-state index contributed by atoms with van der Waals surface area (Å²) >= 11 is 0. The van der Waals surface area contributed by atoms with E-state index in [1.165, 1.54) is 57.8 Å². The fraction of sp³-hybridized carbons (Fsp3) is 1.00. The molecule has 100 valence electrons. The Kier molecular flexibility index (Phi) is 5.30. The average molecular weight is 239 g/mol. The molecule has 1 saturated heterocycles. The third-order valence-corrected chi connectivity index (χ3v) is 4.69. The second-order valence-electron chi connectivity index (χ2n) is 5.85. The third-order valence-electron chi connectivity index (χ3n) is 4.69. The summed E-state index contributed by atoms with van der Waals surface area (Å²) in [5, 5.41) is 3.49. The van der Waals surface area contributed by atoms with Gasteiger partial charge in [-0.3, -0.25) is 0 Å². The summed E-state index contributed by atoms with van der Waals surface area (Å²) in [5.41, 5.74) is 0.237. The van der Waals surface area contributed by atoms with E-state index in [4.69, 9.17) is 4.74 Å². The molecule has 2 heteroatoms. The van der Waals surface area contributed by atoms with Crippen LogP contribution in [0.3, 0.4) is 0 Å². The molecule has 0 aromatic carbocycles. The highest BCUT2D eigenvalue weighted by Crippen LogP contribution is 2.40. The number of piperidine rings is 1. The number of unbranched alkanes of at least 4 members (excludes halogenated alkanes) is 1. The maximum Gasteiger partial charge on any atom is 0.0734 e. The molecule has 1 N–H and O–H groups in total. The van der Waals surface area contributed by atoms with Crippen molar-refractivity contribution in [2.75, 3.05) is 19.7 Å². The molecule has 0 spiro atoms. The van der Waals surface area contributed by atoms with Crippen molar-refractivity contribution in [1.82, 2.24) is 5.32 Å². The minimum absolute atomic E-state index is 0.237. The molecule has 2 aliphatic rings. The first-order valence-corrected chi connectivity index (χ1v) is 7.72. The van der Waals surface area contributed by atoms with Gasteiger partial charge in [-0.15, -0.1) is 0 Å². The SMILES string of the molecule is CCCCOC1(C2CCCCC2)CCNCC1. The fourth-order valence-corrected chi connectivity index (χ4v) is 3.57. The number of nitrogens with one attached hydrogen (secondary N) is 1. The van der Waals surface area contributed by atoms with Crippen LogP contribution < -0.4 is 5.32 Å². The largest absolute Gasteiger partial charge is 0.375 e. The van der Waals surface area contributed by atoms with E-state index in [2.05, 4.69) is 12.2 Å². The molecule has 0 bridgehead atoms. The van der Waals surface area contributed by atoms with Crippen LogP contribution in [-0.2, 0) is 4.74 Å². The molecule has 17 heavy (non-hydrogen) atoms. The zero-order valence-electron chi connectivity index (χ0n) is 11.5. The molecule has 2 rings (SSSR count). The highest BCUT2D eigenvalue weighted by atomic mass is 16.5. The number of rotatable bonds is 5. The molecule has 0 amide bonds. The summed E-state index contributed by atoms with van der Waals surface area (Å²) < 4.78 is 6.41. The Bertz CT molecular complexity index is 205. The van der Waals surface area contributed by atoms with Crippen molar-refractivity contribution in [3.05, 3.63) is 0 Å². The van der Waals surface area contributed by atoms with Crippen molar-refractivity contribution >= 4 is 0 Å². The van der Waals surface area contributed by atoms with Gasteiger partial charge in [0.15, 0.2) is 0 Å². The number of ether oxygens (including phenoxy) is 1. The first kappa shape index (κ1) is 13.4. The maximum atomic E-state index is 6.41. The van der Waals surface area contributed by atoms with Crippen LogP contribution in [0.4, 0.5) is 0 Å². The Labute approximate surface area is 107 Å². The minimum Gasteiger partial charge on any atom is -0.375 e. The van der Waals surface area contributed by atoms with E-state index in [0.29, 0.717) is 0 Å². The zero-order chi connectivity index (χ0) is 12.0. The molecule has 0 unspecified atom stereocenters. The van der Waals surface area contributed by atoms with Crippen LogP contribution >= 0.6 is 0 Å². The lowest BCUT2D eigenvalue weighted by Gasteiger charge is -2.45. The Morgan fingerprint density at radius 3 is 2.47 bits per heavy atom. The van der Waals surface area contributed by atoms with Crippen LogP contribution in [-0.4, -0.2) is 25.3 Å². The van der Waals surface area contributed by atoms with Gasteiger partial charge in [0.05, 0.1) is 5.60 Å². The van der Waals surface area contributed by atoms with E-state index in [-0.39, 0.29) is 5.60 Å². The predicted molar refractivity (Wildman–Crippen MR) is 72.3 cm³/mol. The van der Waals surface area contributed by atoms with Crippen molar-refractivity contribution < 1.29 is 4.74 Å². The fourth-order valence-electron chi connectivity index (χ4n) is 3.57. The second-order valence-corrected chi connectivity index (χ2v) is 5.85.